The number of ether oxygens (including phenoxy) is 1. The minimum atomic E-state index is 0.313. The maximum atomic E-state index is 8.73. The molecule has 0 fully saturated rings. The van der Waals surface area contributed by atoms with Crippen molar-refractivity contribution in [2.24, 2.45) is 0 Å². The third-order valence-corrected chi connectivity index (χ3v) is 2.22. The van der Waals surface area contributed by atoms with Crippen molar-refractivity contribution in [2.45, 2.75) is 6.92 Å². The van der Waals surface area contributed by atoms with Crippen LogP contribution in [-0.2, 0) is 0 Å². The Kier molecular flexibility index (Phi) is 2.93. The number of nitrogen functional groups attached to an aromatic ring is 1. The van der Waals surface area contributed by atoms with Crippen molar-refractivity contribution in [1.82, 2.24) is 4.98 Å². The second-order valence-corrected chi connectivity index (χ2v) is 3.62. The molecule has 0 atom stereocenters. The van der Waals surface area contributed by atoms with Gasteiger partial charge in [0.25, 0.3) is 0 Å². The summed E-state index contributed by atoms with van der Waals surface area (Å²) in [5, 5.41) is 8.73. The molecule has 0 radical (unpaired) electrons. The molecule has 0 amide bonds. The molecule has 4 nitrogen and oxygen atoms in total. The molecule has 17 heavy (non-hydrogen) atoms. The fourth-order valence-corrected chi connectivity index (χ4v) is 1.41. The summed E-state index contributed by atoms with van der Waals surface area (Å²) >= 11 is 0. The van der Waals surface area contributed by atoms with Gasteiger partial charge in [-0.25, -0.2) is 4.98 Å². The average Bonchev–Trinajstić information content (AvgIpc) is 2.33. The quantitative estimate of drug-likeness (QED) is 0.797. The van der Waals surface area contributed by atoms with E-state index < -0.39 is 0 Å². The third kappa shape index (κ3) is 2.52. The van der Waals surface area contributed by atoms with E-state index in [1.807, 2.05) is 25.1 Å². The van der Waals surface area contributed by atoms with Crippen LogP contribution in [0.25, 0.3) is 0 Å². The number of hydrogen-bond acceptors (Lipinski definition) is 4. The Morgan fingerprint density at radius 3 is 2.82 bits per heavy atom. The molecule has 2 rings (SSSR count). The lowest BCUT2D eigenvalue weighted by Crippen LogP contribution is -1.95. The smallest absolute Gasteiger partial charge is 0.220 e. The first kappa shape index (κ1) is 11.0. The molecule has 0 bridgehead atoms. The minimum Gasteiger partial charge on any atom is -0.437 e. The van der Waals surface area contributed by atoms with Crippen LogP contribution in [0.2, 0.25) is 0 Å². The van der Waals surface area contributed by atoms with Gasteiger partial charge in [-0.3, -0.25) is 0 Å². The molecule has 0 saturated carbocycles. The summed E-state index contributed by atoms with van der Waals surface area (Å²) in [6.45, 7) is 1.95. The van der Waals surface area contributed by atoms with E-state index in [-0.39, 0.29) is 0 Å². The number of nitrogens with two attached hydrogens (primary N) is 1. The van der Waals surface area contributed by atoms with E-state index in [0.717, 1.165) is 5.56 Å². The number of nitriles is 1. The van der Waals surface area contributed by atoms with Gasteiger partial charge < -0.3 is 10.5 Å². The van der Waals surface area contributed by atoms with Crippen LogP contribution in [0.5, 0.6) is 11.6 Å². The summed E-state index contributed by atoms with van der Waals surface area (Å²) in [5.74, 6) is 0.901. The molecule has 2 aromatic rings. The standard InChI is InChI=1S/C13H11N3O/c1-9-5-6-12(11(15)7-9)17-13-4-2-3-10(8-14)16-13/h2-7H,15H2,1H3. The molecule has 1 heterocycles. The highest BCUT2D eigenvalue weighted by atomic mass is 16.5. The molecule has 1 aromatic heterocycles. The van der Waals surface area contributed by atoms with Gasteiger partial charge in [-0.1, -0.05) is 12.1 Å². The lowest BCUT2D eigenvalue weighted by Gasteiger charge is -2.07. The molecule has 0 aliphatic heterocycles. The van der Waals surface area contributed by atoms with Gasteiger partial charge in [0.15, 0.2) is 5.75 Å². The molecule has 0 aliphatic rings. The maximum absolute atomic E-state index is 8.73. The Hall–Kier alpha value is -2.54. The number of hydrogen-bond donors (Lipinski definition) is 1. The van der Waals surface area contributed by atoms with Gasteiger partial charge in [-0.05, 0) is 30.7 Å². The molecule has 84 valence electrons. The fourth-order valence-electron chi connectivity index (χ4n) is 1.41. The number of nitrogens with zero attached hydrogens (tertiary/aromatic N) is 2. The fraction of sp³-hybridized carbons (Fsp3) is 0.0769. The van der Waals surface area contributed by atoms with Crippen LogP contribution in [0.4, 0.5) is 5.69 Å². The SMILES string of the molecule is Cc1ccc(Oc2cccc(C#N)n2)c(N)c1. The normalized spacial score (nSPS) is 9.65. The van der Waals surface area contributed by atoms with Crippen molar-refractivity contribution in [3.8, 4) is 17.7 Å². The molecule has 0 spiro atoms. The van der Waals surface area contributed by atoms with Crippen molar-refractivity contribution < 1.29 is 4.74 Å². The van der Waals surface area contributed by atoms with Crippen molar-refractivity contribution in [1.29, 1.82) is 5.26 Å². The maximum Gasteiger partial charge on any atom is 0.220 e. The molecular weight excluding hydrogens is 214 g/mol. The van der Waals surface area contributed by atoms with Crippen molar-refractivity contribution in [3.63, 3.8) is 0 Å². The topological polar surface area (TPSA) is 71.9 Å². The van der Waals surface area contributed by atoms with E-state index in [9.17, 15) is 0 Å². The lowest BCUT2D eigenvalue weighted by molar-refractivity contribution is 0.464. The Morgan fingerprint density at radius 1 is 1.29 bits per heavy atom. The molecular formula is C13H11N3O. The van der Waals surface area contributed by atoms with Crippen molar-refractivity contribution >= 4 is 5.69 Å². The van der Waals surface area contributed by atoms with E-state index in [1.165, 1.54) is 0 Å². The van der Waals surface area contributed by atoms with E-state index >= 15 is 0 Å². The van der Waals surface area contributed by atoms with Crippen LogP contribution in [0, 0.1) is 18.3 Å². The number of anilines is 1. The molecule has 0 aliphatic carbocycles. The molecule has 2 N–H and O–H groups in total. The van der Waals surface area contributed by atoms with Crippen LogP contribution in [0.3, 0.4) is 0 Å². The van der Waals surface area contributed by atoms with Gasteiger partial charge in [0.05, 0.1) is 5.69 Å². The van der Waals surface area contributed by atoms with E-state index in [0.29, 0.717) is 23.0 Å². The first-order valence-corrected chi connectivity index (χ1v) is 5.10. The monoisotopic (exact) mass is 225 g/mol. The van der Waals surface area contributed by atoms with Crippen LogP contribution >= 0.6 is 0 Å². The van der Waals surface area contributed by atoms with Gasteiger partial charge in [-0.2, -0.15) is 5.26 Å². The second kappa shape index (κ2) is 4.54. The molecule has 1 aromatic carbocycles. The van der Waals surface area contributed by atoms with Crippen molar-refractivity contribution in [3.05, 3.63) is 47.7 Å². The van der Waals surface area contributed by atoms with Crippen molar-refractivity contribution in [2.75, 3.05) is 5.73 Å². The zero-order chi connectivity index (χ0) is 12.3. The first-order valence-electron chi connectivity index (χ1n) is 5.10. The number of aromatic nitrogens is 1. The zero-order valence-corrected chi connectivity index (χ0v) is 9.34. The summed E-state index contributed by atoms with van der Waals surface area (Å²) in [7, 11) is 0. The Bertz CT molecular complexity index is 587. The minimum absolute atomic E-state index is 0.313. The van der Waals surface area contributed by atoms with Gasteiger partial charge in [-0.15, -0.1) is 0 Å². The Morgan fingerprint density at radius 2 is 2.12 bits per heavy atom. The van der Waals surface area contributed by atoms with Gasteiger partial charge in [0.2, 0.25) is 5.88 Å². The summed E-state index contributed by atoms with van der Waals surface area (Å²) in [5.41, 5.74) is 7.75. The van der Waals surface area contributed by atoms with Crippen LogP contribution < -0.4 is 10.5 Å². The van der Waals surface area contributed by atoms with Crippen LogP contribution in [0.15, 0.2) is 36.4 Å². The lowest BCUT2D eigenvalue weighted by atomic mass is 10.2. The van der Waals surface area contributed by atoms with E-state index in [2.05, 4.69) is 4.98 Å². The van der Waals surface area contributed by atoms with Gasteiger partial charge in [0, 0.05) is 6.07 Å². The first-order chi connectivity index (χ1) is 8.19. The summed E-state index contributed by atoms with van der Waals surface area (Å²) < 4.78 is 5.52. The summed E-state index contributed by atoms with van der Waals surface area (Å²) in [6.07, 6.45) is 0. The van der Waals surface area contributed by atoms with E-state index in [1.54, 1.807) is 24.3 Å². The second-order valence-electron chi connectivity index (χ2n) is 3.62. The molecule has 4 heteroatoms. The Labute approximate surface area is 99.3 Å². The van der Waals surface area contributed by atoms with Gasteiger partial charge in [0.1, 0.15) is 11.8 Å². The highest BCUT2D eigenvalue weighted by Crippen LogP contribution is 2.26. The largest absolute Gasteiger partial charge is 0.437 e. The van der Waals surface area contributed by atoms with Crippen LogP contribution in [0.1, 0.15) is 11.3 Å². The molecule has 0 saturated heterocycles. The average molecular weight is 225 g/mol. The predicted molar refractivity (Wildman–Crippen MR) is 64.6 cm³/mol. The van der Waals surface area contributed by atoms with E-state index in [4.69, 9.17) is 15.7 Å². The number of benzene rings is 1. The third-order valence-electron chi connectivity index (χ3n) is 2.22. The number of aryl methyl sites for hydroxylation is 1. The number of rotatable bonds is 2. The highest BCUT2D eigenvalue weighted by molar-refractivity contribution is 5.55. The highest BCUT2D eigenvalue weighted by Gasteiger charge is 2.04. The zero-order valence-electron chi connectivity index (χ0n) is 9.34. The Balaban J connectivity index is 2.28. The molecule has 0 unspecified atom stereocenters. The summed E-state index contributed by atoms with van der Waals surface area (Å²) in [6, 6.07) is 12.5. The summed E-state index contributed by atoms with van der Waals surface area (Å²) in [4.78, 5) is 4.01. The predicted octanol–water partition coefficient (Wildman–Crippen LogP) is 2.64. The number of pyridine rings is 1. The van der Waals surface area contributed by atoms with Gasteiger partial charge >= 0.3 is 0 Å². The van der Waals surface area contributed by atoms with Crippen LogP contribution in [-0.4, -0.2) is 4.98 Å².